The number of pyridine rings is 2. The fourth-order valence-electron chi connectivity index (χ4n) is 5.01. The van der Waals surface area contributed by atoms with Gasteiger partial charge in [0.05, 0.1) is 23.7 Å². The Bertz CT molecular complexity index is 1740. The number of likely N-dealkylation sites (N-methyl/N-ethyl adjacent to an activating group) is 1. The van der Waals surface area contributed by atoms with E-state index < -0.39 is 0 Å². The normalized spacial score (nSPS) is 16.7. The van der Waals surface area contributed by atoms with Gasteiger partial charge in [-0.25, -0.2) is 4.98 Å². The topological polar surface area (TPSA) is 140 Å². The van der Waals surface area contributed by atoms with Gasteiger partial charge in [-0.3, -0.25) is 34.8 Å². The van der Waals surface area contributed by atoms with E-state index in [1.54, 1.807) is 6.20 Å². The Morgan fingerprint density at radius 2 is 1.26 bits per heavy atom. The Hall–Kier alpha value is -4.88. The fourth-order valence-corrected chi connectivity index (χ4v) is 6.73. The van der Waals surface area contributed by atoms with E-state index in [1.165, 1.54) is 5.56 Å². The van der Waals surface area contributed by atoms with Gasteiger partial charge in [-0.2, -0.15) is 0 Å². The summed E-state index contributed by atoms with van der Waals surface area (Å²) in [5.74, 6) is 2.04. The maximum Gasteiger partial charge on any atom is 0.286 e. The molecule has 4 heterocycles. The molecule has 2 aromatic heterocycles. The molecule has 4 amide bonds. The third-order valence-corrected chi connectivity index (χ3v) is 9.84. The van der Waals surface area contributed by atoms with Crippen molar-refractivity contribution in [3.63, 3.8) is 0 Å². The number of amides is 4. The van der Waals surface area contributed by atoms with Crippen molar-refractivity contribution in [3.05, 3.63) is 114 Å². The first-order chi connectivity index (χ1) is 24.2. The number of hydrogen-bond acceptors (Lipinski definition) is 11. The van der Waals surface area contributed by atoms with Crippen LogP contribution < -0.4 is 25.0 Å². The molecule has 2 saturated heterocycles. The highest BCUT2D eigenvalue weighted by molar-refractivity contribution is 8.15. The van der Waals surface area contributed by atoms with Gasteiger partial charge < -0.3 is 14.4 Å². The molecule has 0 radical (unpaired) electrons. The first-order valence-corrected chi connectivity index (χ1v) is 18.0. The zero-order valence-corrected chi connectivity index (χ0v) is 29.5. The van der Waals surface area contributed by atoms with Crippen LogP contribution in [0.4, 0.5) is 15.4 Å². The van der Waals surface area contributed by atoms with Crippen LogP contribution >= 0.6 is 23.5 Å². The lowest BCUT2D eigenvalue weighted by Crippen LogP contribution is -2.25. The second kappa shape index (κ2) is 18.2. The van der Waals surface area contributed by atoms with Crippen molar-refractivity contribution in [3.8, 4) is 11.5 Å². The van der Waals surface area contributed by atoms with Gasteiger partial charge in [0.25, 0.3) is 10.5 Å². The maximum absolute atomic E-state index is 11.6. The molecule has 0 saturated carbocycles. The van der Waals surface area contributed by atoms with Gasteiger partial charge in [0.1, 0.15) is 23.9 Å². The minimum Gasteiger partial charge on any atom is -0.493 e. The molecule has 2 aliphatic rings. The van der Waals surface area contributed by atoms with E-state index in [4.69, 9.17) is 9.47 Å². The Morgan fingerprint density at radius 1 is 0.700 bits per heavy atom. The third kappa shape index (κ3) is 11.1. The number of aromatic nitrogens is 2. The largest absolute Gasteiger partial charge is 0.493 e. The molecule has 260 valence electrons. The molecule has 2 unspecified atom stereocenters. The van der Waals surface area contributed by atoms with Crippen LogP contribution in [0, 0.1) is 0 Å². The highest BCUT2D eigenvalue weighted by Gasteiger charge is 2.32. The smallest absolute Gasteiger partial charge is 0.286 e. The Kier molecular flexibility index (Phi) is 13.3. The molecule has 4 aromatic rings. The van der Waals surface area contributed by atoms with Gasteiger partial charge in [0.15, 0.2) is 0 Å². The summed E-state index contributed by atoms with van der Waals surface area (Å²) in [7, 11) is 1.97. The lowest BCUT2D eigenvalue weighted by atomic mass is 10.1. The van der Waals surface area contributed by atoms with E-state index >= 15 is 0 Å². The summed E-state index contributed by atoms with van der Waals surface area (Å²) in [4.78, 5) is 56.3. The highest BCUT2D eigenvalue weighted by Crippen LogP contribution is 2.25. The van der Waals surface area contributed by atoms with Crippen LogP contribution in [0.5, 0.6) is 11.5 Å². The number of carbonyl (C=O) groups excluding carboxylic acids is 4. The van der Waals surface area contributed by atoms with Gasteiger partial charge in [-0.15, -0.1) is 0 Å². The van der Waals surface area contributed by atoms with E-state index in [9.17, 15) is 19.2 Å². The van der Waals surface area contributed by atoms with E-state index in [1.807, 2.05) is 90.9 Å². The predicted molar refractivity (Wildman–Crippen MR) is 196 cm³/mol. The predicted octanol–water partition coefficient (Wildman–Crippen LogP) is 5.65. The fraction of sp³-hybridized carbons (Fsp3) is 0.297. The second-order valence-electron chi connectivity index (χ2n) is 11.5. The van der Waals surface area contributed by atoms with Crippen LogP contribution in [0.3, 0.4) is 0 Å². The number of ether oxygens (including phenoxy) is 2. The van der Waals surface area contributed by atoms with E-state index in [0.29, 0.717) is 26.1 Å². The molecule has 2 fully saturated rings. The third-order valence-electron chi connectivity index (χ3n) is 7.88. The lowest BCUT2D eigenvalue weighted by molar-refractivity contribution is -0.119. The van der Waals surface area contributed by atoms with Crippen LogP contribution in [0.2, 0.25) is 0 Å². The monoisotopic (exact) mass is 713 g/mol. The molecule has 2 N–H and O–H groups in total. The molecule has 0 aliphatic carbocycles. The van der Waals surface area contributed by atoms with E-state index in [2.05, 4.69) is 33.6 Å². The number of nitrogens with one attached hydrogen (secondary N) is 2. The van der Waals surface area contributed by atoms with Gasteiger partial charge in [0, 0.05) is 31.6 Å². The average molecular weight is 714 g/mol. The van der Waals surface area contributed by atoms with Gasteiger partial charge in [-0.05, 0) is 78.4 Å². The molecular formula is C37H39N5O6S2. The Labute approximate surface area is 299 Å². The zero-order chi connectivity index (χ0) is 35.3. The number of imide groups is 2. The molecule has 2 aromatic carbocycles. The number of carbonyl (C=O) groups is 4. The molecule has 0 bridgehead atoms. The van der Waals surface area contributed by atoms with Crippen LogP contribution in [0.15, 0.2) is 91.3 Å². The quantitative estimate of drug-likeness (QED) is 0.168. The van der Waals surface area contributed by atoms with Crippen molar-refractivity contribution in [1.82, 2.24) is 20.6 Å². The van der Waals surface area contributed by atoms with Crippen LogP contribution in [-0.4, -0.2) is 69.6 Å². The number of rotatable bonds is 14. The average Bonchev–Trinajstić information content (AvgIpc) is 3.63. The first-order valence-electron chi connectivity index (χ1n) is 16.3. The summed E-state index contributed by atoms with van der Waals surface area (Å²) >= 11 is 2.09. The van der Waals surface area contributed by atoms with Gasteiger partial charge in [-0.1, -0.05) is 66.8 Å². The Balaban J connectivity index is 0.000000194. The summed E-state index contributed by atoms with van der Waals surface area (Å²) in [5, 5.41) is 3.39. The molecule has 50 heavy (non-hydrogen) atoms. The summed E-state index contributed by atoms with van der Waals surface area (Å²) in [6.45, 7) is 3.94. The van der Waals surface area contributed by atoms with E-state index in [-0.39, 0.29) is 32.8 Å². The van der Waals surface area contributed by atoms with Crippen molar-refractivity contribution < 1.29 is 28.7 Å². The molecular weight excluding hydrogens is 675 g/mol. The minimum atomic E-state index is -0.341. The van der Waals surface area contributed by atoms with Crippen molar-refractivity contribution in [1.29, 1.82) is 0 Å². The molecule has 0 spiro atoms. The number of hydrogen-bond donors (Lipinski definition) is 2. The van der Waals surface area contributed by atoms with Gasteiger partial charge >= 0.3 is 0 Å². The summed E-state index contributed by atoms with van der Waals surface area (Å²) in [6.07, 6.45) is 6.49. The van der Waals surface area contributed by atoms with E-state index in [0.717, 1.165) is 77.0 Å². The SMILES string of the molecule is CCc1ccc(CCOc2ccc(CC3SC(=O)NC3=O)cc2)nc1.CN(CCOc1ccc(CC2SC(=O)NC2=O)cc1)c1ccccn1. The number of benzene rings is 2. The minimum absolute atomic E-state index is 0.211. The summed E-state index contributed by atoms with van der Waals surface area (Å²) in [6, 6.07) is 25.2. The molecule has 2 atom stereocenters. The molecule has 6 rings (SSSR count). The molecule has 13 heteroatoms. The Morgan fingerprint density at radius 3 is 1.72 bits per heavy atom. The van der Waals surface area contributed by atoms with Crippen LogP contribution in [0.1, 0.15) is 29.3 Å². The van der Waals surface area contributed by atoms with Crippen molar-refractivity contribution in [2.24, 2.45) is 0 Å². The molecule has 2 aliphatic heterocycles. The summed E-state index contributed by atoms with van der Waals surface area (Å²) in [5.41, 5.74) is 4.26. The van der Waals surface area contributed by atoms with Crippen molar-refractivity contribution >= 4 is 51.6 Å². The zero-order valence-electron chi connectivity index (χ0n) is 27.9. The van der Waals surface area contributed by atoms with Crippen LogP contribution in [-0.2, 0) is 35.3 Å². The van der Waals surface area contributed by atoms with Crippen molar-refractivity contribution in [2.45, 2.75) is 43.1 Å². The number of thioether (sulfide) groups is 2. The van der Waals surface area contributed by atoms with Crippen molar-refractivity contribution in [2.75, 3.05) is 31.7 Å². The number of nitrogens with zero attached hydrogens (tertiary/aromatic N) is 3. The second-order valence-corrected chi connectivity index (χ2v) is 13.9. The summed E-state index contributed by atoms with van der Waals surface area (Å²) < 4.78 is 11.5. The first kappa shape index (κ1) is 36.4. The van der Waals surface area contributed by atoms with Crippen LogP contribution in [0.25, 0.3) is 0 Å². The number of anilines is 1. The lowest BCUT2D eigenvalue weighted by Gasteiger charge is -2.18. The standard InChI is InChI=1S/C19H20N2O3S.C18H19N3O3S/c1-2-13-3-6-15(20-12-13)9-10-24-16-7-4-14(5-8-16)11-17-18(22)21-19(23)25-17;1-21(16-4-2-3-9-19-16)10-11-24-14-7-5-13(6-8-14)12-15-17(22)20-18(23)25-15/h3-8,12,17H,2,9-11H2,1H3,(H,21,22,23);2-9,15H,10-12H2,1H3,(H,20,22,23). The maximum atomic E-state index is 11.6. The molecule has 11 nitrogen and oxygen atoms in total. The highest BCUT2D eigenvalue weighted by atomic mass is 32.2. The van der Waals surface area contributed by atoms with Gasteiger partial charge in [0.2, 0.25) is 11.8 Å². The number of aryl methyl sites for hydroxylation is 1.